The highest BCUT2D eigenvalue weighted by Gasteiger charge is 2.27. The van der Waals surface area contributed by atoms with Crippen molar-refractivity contribution in [2.45, 2.75) is 26.3 Å². The number of Topliss-reactive ketones (excluding diaryl/α,β-unsaturated/α-hetero) is 2. The molecule has 47 heavy (non-hydrogen) atoms. The first-order valence-electron chi connectivity index (χ1n) is 14.9. The van der Waals surface area contributed by atoms with Crippen LogP contribution < -0.4 is 15.8 Å². The lowest BCUT2D eigenvalue weighted by atomic mass is 9.79. The first-order valence-corrected chi connectivity index (χ1v) is 16.2. The molecule has 0 fully saturated rings. The van der Waals surface area contributed by atoms with Gasteiger partial charge in [0.15, 0.2) is 16.6 Å². The van der Waals surface area contributed by atoms with E-state index in [2.05, 4.69) is 25.3 Å². The summed E-state index contributed by atoms with van der Waals surface area (Å²) in [5.41, 5.74) is 6.79. The Kier molecular flexibility index (Phi) is 8.05. The van der Waals surface area contributed by atoms with Gasteiger partial charge >= 0.3 is 0 Å². The molecule has 0 saturated heterocycles. The minimum atomic E-state index is -0.199. The first kappa shape index (κ1) is 30.3. The van der Waals surface area contributed by atoms with Crippen LogP contribution in [0.1, 0.15) is 35.7 Å². The molecule has 0 spiro atoms. The Balaban J connectivity index is 0.000000151. The zero-order valence-electron chi connectivity index (χ0n) is 25.3. The van der Waals surface area contributed by atoms with E-state index in [0.717, 1.165) is 43.9 Å². The van der Waals surface area contributed by atoms with Crippen LogP contribution >= 0.6 is 22.9 Å². The van der Waals surface area contributed by atoms with Gasteiger partial charge in [0.2, 0.25) is 5.91 Å². The van der Waals surface area contributed by atoms with Crippen molar-refractivity contribution in [3.8, 4) is 22.4 Å². The number of thiazole rings is 1. The molecule has 3 heterocycles. The molecule has 0 radical (unpaired) electrons. The van der Waals surface area contributed by atoms with Crippen LogP contribution in [-0.4, -0.2) is 42.0 Å². The summed E-state index contributed by atoms with van der Waals surface area (Å²) in [5, 5.41) is 7.87. The van der Waals surface area contributed by atoms with E-state index in [4.69, 9.17) is 11.6 Å². The van der Waals surface area contributed by atoms with E-state index in [-0.39, 0.29) is 35.9 Å². The molecule has 1 N–H and O–H groups in total. The molecule has 1 amide bonds. The van der Waals surface area contributed by atoms with Crippen molar-refractivity contribution in [3.63, 3.8) is 0 Å². The molecule has 3 aromatic carbocycles. The Morgan fingerprint density at radius 3 is 2.64 bits per heavy atom. The summed E-state index contributed by atoms with van der Waals surface area (Å²) in [7, 11) is 0. The summed E-state index contributed by atoms with van der Waals surface area (Å²) < 4.78 is 1.69. The normalized spacial score (nSPS) is 16.1. The predicted octanol–water partition coefficient (Wildman–Crippen LogP) is 5.68. The highest BCUT2D eigenvalue weighted by Crippen LogP contribution is 2.28. The van der Waals surface area contributed by atoms with Crippen LogP contribution in [0.4, 0.5) is 5.13 Å². The maximum atomic E-state index is 12.4. The number of hydrogen-bond acceptors (Lipinski definition) is 8. The van der Waals surface area contributed by atoms with Gasteiger partial charge in [-0.15, -0.1) is 11.3 Å². The molecule has 2 atom stereocenters. The average molecular weight is 659 g/mol. The van der Waals surface area contributed by atoms with E-state index in [1.165, 1.54) is 17.7 Å². The third-order valence-electron chi connectivity index (χ3n) is 8.32. The van der Waals surface area contributed by atoms with Crippen molar-refractivity contribution in [2.75, 3.05) is 5.32 Å². The number of amides is 1. The Hall–Kier alpha value is -5.32. The maximum absolute atomic E-state index is 12.4. The number of carbonyl (C=O) groups is 3. The molecular formula is C36H27ClN6O3S. The van der Waals surface area contributed by atoms with Crippen LogP contribution in [-0.2, 0) is 16.1 Å². The average Bonchev–Trinajstić information content (AvgIpc) is 3.71. The van der Waals surface area contributed by atoms with Gasteiger partial charge in [-0.25, -0.2) is 19.9 Å². The van der Waals surface area contributed by atoms with E-state index in [0.29, 0.717) is 21.3 Å². The molecule has 0 aliphatic heterocycles. The Labute approximate surface area is 278 Å². The van der Waals surface area contributed by atoms with E-state index < -0.39 is 0 Å². The number of halogens is 1. The number of carbonyl (C=O) groups excluding carboxylic acids is 3. The van der Waals surface area contributed by atoms with E-state index >= 15 is 0 Å². The monoisotopic (exact) mass is 658 g/mol. The van der Waals surface area contributed by atoms with Gasteiger partial charge in [-0.2, -0.15) is 0 Å². The van der Waals surface area contributed by atoms with Crippen molar-refractivity contribution in [1.82, 2.24) is 24.5 Å². The molecule has 2 aliphatic rings. The van der Waals surface area contributed by atoms with Crippen molar-refractivity contribution in [1.29, 1.82) is 0 Å². The fourth-order valence-electron chi connectivity index (χ4n) is 5.98. The van der Waals surface area contributed by atoms with Gasteiger partial charge in [-0.05, 0) is 45.3 Å². The second kappa shape index (κ2) is 12.5. The lowest BCUT2D eigenvalue weighted by Crippen LogP contribution is -2.40. The summed E-state index contributed by atoms with van der Waals surface area (Å²) in [6, 6.07) is 19.2. The Bertz CT molecular complexity index is 2350. The SMILES string of the molecule is CC1C=c2c(ccc3c2=CC(=O)c2ccccc2-3)C(C)C1=O.O=C(Cn1cnc2ncncc21)Nc1nc(-c2cccc(Cl)c2)cs1. The number of rotatable bonds is 4. The number of nitrogens with one attached hydrogen (secondary N) is 1. The number of aromatic nitrogens is 5. The first-order chi connectivity index (χ1) is 22.8. The summed E-state index contributed by atoms with van der Waals surface area (Å²) in [5.74, 6) is -0.122. The molecular weight excluding hydrogens is 632 g/mol. The lowest BCUT2D eigenvalue weighted by molar-refractivity contribution is -0.122. The van der Waals surface area contributed by atoms with Gasteiger partial charge in [-0.1, -0.05) is 80.1 Å². The number of nitrogens with zero attached hydrogens (tertiary/aromatic N) is 5. The van der Waals surface area contributed by atoms with Gasteiger partial charge in [-0.3, -0.25) is 14.4 Å². The number of benzene rings is 3. The van der Waals surface area contributed by atoms with Gasteiger partial charge in [0.25, 0.3) is 0 Å². The Morgan fingerprint density at radius 1 is 0.979 bits per heavy atom. The standard InChI is InChI=1S/C20H16O2.C16H11ClN6OS/c1-11-9-17-13(12(2)20(11)22)7-8-15-14-5-3-4-6-16(14)19(21)10-18(15)17;17-11-3-1-2-10(4-11)12-7-25-16(21-12)22-14(24)6-23-9-20-15-13(23)5-18-8-19-15/h3-12H,1-2H3;1-5,7-9H,6H2,(H,21,22,24). The van der Waals surface area contributed by atoms with Crippen molar-refractivity contribution in [3.05, 3.63) is 111 Å². The van der Waals surface area contributed by atoms with Crippen LogP contribution in [0.2, 0.25) is 5.02 Å². The number of fused-ring (bicyclic) bond motifs is 6. The molecule has 0 bridgehead atoms. The third-order valence-corrected chi connectivity index (χ3v) is 9.32. The molecule has 2 unspecified atom stereocenters. The number of hydrogen-bond donors (Lipinski definition) is 1. The second-order valence-electron chi connectivity index (χ2n) is 11.4. The molecule has 9 nitrogen and oxygen atoms in total. The predicted molar refractivity (Wildman–Crippen MR) is 183 cm³/mol. The van der Waals surface area contributed by atoms with E-state index in [9.17, 15) is 14.4 Å². The van der Waals surface area contributed by atoms with Crippen LogP contribution in [0.25, 0.3) is 45.7 Å². The molecule has 232 valence electrons. The third kappa shape index (κ3) is 5.89. The largest absolute Gasteiger partial charge is 0.318 e. The minimum absolute atomic E-state index is 0.0436. The molecule has 0 saturated carbocycles. The number of anilines is 1. The van der Waals surface area contributed by atoms with Gasteiger partial charge < -0.3 is 9.88 Å². The minimum Gasteiger partial charge on any atom is -0.318 e. The maximum Gasteiger partial charge on any atom is 0.246 e. The zero-order valence-corrected chi connectivity index (χ0v) is 26.9. The Morgan fingerprint density at radius 2 is 1.81 bits per heavy atom. The quantitative estimate of drug-likeness (QED) is 0.259. The smallest absolute Gasteiger partial charge is 0.246 e. The zero-order chi connectivity index (χ0) is 32.7. The highest BCUT2D eigenvalue weighted by molar-refractivity contribution is 7.14. The molecule has 2 aliphatic carbocycles. The fourth-order valence-corrected chi connectivity index (χ4v) is 6.91. The molecule has 6 aromatic rings. The van der Waals surface area contributed by atoms with E-state index in [1.807, 2.05) is 79.9 Å². The number of ketones is 2. The van der Waals surface area contributed by atoms with Gasteiger partial charge in [0, 0.05) is 33.4 Å². The van der Waals surface area contributed by atoms with Crippen LogP contribution in [0, 0.1) is 5.92 Å². The summed E-state index contributed by atoms with van der Waals surface area (Å²) in [4.78, 5) is 53.5. The summed E-state index contributed by atoms with van der Waals surface area (Å²) in [6.07, 6.45) is 8.35. The van der Waals surface area contributed by atoms with E-state index in [1.54, 1.807) is 29.2 Å². The molecule has 8 rings (SSSR count). The fraction of sp³-hybridized carbons (Fsp3) is 0.139. The molecule has 11 heteroatoms. The van der Waals surface area contributed by atoms with Gasteiger partial charge in [0.05, 0.1) is 18.2 Å². The number of imidazole rings is 1. The second-order valence-corrected chi connectivity index (χ2v) is 12.7. The lowest BCUT2D eigenvalue weighted by Gasteiger charge is -2.23. The summed E-state index contributed by atoms with van der Waals surface area (Å²) >= 11 is 7.36. The molecule has 3 aromatic heterocycles. The van der Waals surface area contributed by atoms with Crippen molar-refractivity contribution >= 4 is 68.9 Å². The van der Waals surface area contributed by atoms with Crippen LogP contribution in [0.15, 0.2) is 84.9 Å². The van der Waals surface area contributed by atoms with Crippen LogP contribution in [0.3, 0.4) is 0 Å². The van der Waals surface area contributed by atoms with Crippen molar-refractivity contribution < 1.29 is 14.4 Å². The van der Waals surface area contributed by atoms with Gasteiger partial charge in [0.1, 0.15) is 24.2 Å². The van der Waals surface area contributed by atoms with Crippen molar-refractivity contribution in [2.24, 2.45) is 5.92 Å². The highest BCUT2D eigenvalue weighted by atomic mass is 35.5. The topological polar surface area (TPSA) is 120 Å². The summed E-state index contributed by atoms with van der Waals surface area (Å²) in [6.45, 7) is 3.99. The van der Waals surface area contributed by atoms with Crippen LogP contribution in [0.5, 0.6) is 0 Å².